The van der Waals surface area contributed by atoms with Crippen molar-refractivity contribution in [3.8, 4) is 17.1 Å². The summed E-state index contributed by atoms with van der Waals surface area (Å²) in [6.45, 7) is 2.62. The predicted molar refractivity (Wildman–Crippen MR) is 137 cm³/mol. The average Bonchev–Trinajstić information content (AvgIpc) is 3.29. The number of hydrogen-bond donors (Lipinski definition) is 0. The highest BCUT2D eigenvalue weighted by Gasteiger charge is 2.24. The molecule has 0 fully saturated rings. The maximum absolute atomic E-state index is 13.1. The number of nitrogens with zero attached hydrogens (tertiary/aromatic N) is 4. The zero-order valence-electron chi connectivity index (χ0n) is 19.6. The SMILES string of the molecule is COc1ccc(-c2nnc(SC(C)C(=O)N(C)c3ccccc3)n2CCc2ccccc2)cc1. The highest BCUT2D eigenvalue weighted by Crippen LogP contribution is 2.29. The van der Waals surface area contributed by atoms with E-state index in [0.717, 1.165) is 34.4 Å². The summed E-state index contributed by atoms with van der Waals surface area (Å²) in [6, 6.07) is 27.8. The minimum atomic E-state index is -0.325. The summed E-state index contributed by atoms with van der Waals surface area (Å²) in [5.41, 5.74) is 3.05. The monoisotopic (exact) mass is 472 g/mol. The van der Waals surface area contributed by atoms with Crippen molar-refractivity contribution < 1.29 is 9.53 Å². The van der Waals surface area contributed by atoms with E-state index in [-0.39, 0.29) is 11.2 Å². The second kappa shape index (κ2) is 11.0. The molecule has 4 rings (SSSR count). The van der Waals surface area contributed by atoms with Crippen LogP contribution in [0.4, 0.5) is 5.69 Å². The van der Waals surface area contributed by atoms with Gasteiger partial charge >= 0.3 is 0 Å². The maximum atomic E-state index is 13.1. The molecular formula is C27H28N4O2S. The molecule has 1 heterocycles. The number of hydrogen-bond acceptors (Lipinski definition) is 5. The molecule has 0 aliphatic rings. The first-order valence-electron chi connectivity index (χ1n) is 11.2. The third kappa shape index (κ3) is 5.48. The molecule has 4 aromatic rings. The van der Waals surface area contributed by atoms with Crippen molar-refractivity contribution in [3.05, 3.63) is 90.5 Å². The summed E-state index contributed by atoms with van der Waals surface area (Å²) < 4.78 is 7.40. The molecule has 0 aliphatic carbocycles. The van der Waals surface area contributed by atoms with Gasteiger partial charge in [-0.2, -0.15) is 0 Å². The van der Waals surface area contributed by atoms with E-state index in [1.54, 1.807) is 19.1 Å². The Morgan fingerprint density at radius 1 is 0.971 bits per heavy atom. The summed E-state index contributed by atoms with van der Waals surface area (Å²) in [6.07, 6.45) is 0.835. The molecule has 34 heavy (non-hydrogen) atoms. The lowest BCUT2D eigenvalue weighted by atomic mass is 10.1. The van der Waals surface area contributed by atoms with E-state index in [9.17, 15) is 4.79 Å². The Bertz CT molecular complexity index is 1210. The maximum Gasteiger partial charge on any atom is 0.240 e. The van der Waals surface area contributed by atoms with E-state index in [1.807, 2.05) is 79.7 Å². The number of para-hydroxylation sites is 1. The molecule has 1 amide bonds. The smallest absolute Gasteiger partial charge is 0.240 e. The normalized spacial score (nSPS) is 11.7. The van der Waals surface area contributed by atoms with Crippen LogP contribution in [-0.4, -0.2) is 40.1 Å². The third-order valence-electron chi connectivity index (χ3n) is 5.64. The molecule has 0 bridgehead atoms. The van der Waals surface area contributed by atoms with Crippen LogP contribution in [0.2, 0.25) is 0 Å². The van der Waals surface area contributed by atoms with Gasteiger partial charge in [0, 0.05) is 24.8 Å². The number of ether oxygens (including phenoxy) is 1. The quantitative estimate of drug-likeness (QED) is 0.308. The van der Waals surface area contributed by atoms with Crippen molar-refractivity contribution in [2.24, 2.45) is 0 Å². The number of carbonyl (C=O) groups is 1. The van der Waals surface area contributed by atoms with Gasteiger partial charge in [-0.25, -0.2) is 0 Å². The average molecular weight is 473 g/mol. The Kier molecular flexibility index (Phi) is 7.65. The Morgan fingerprint density at radius 2 is 1.62 bits per heavy atom. The van der Waals surface area contributed by atoms with Gasteiger partial charge in [-0.3, -0.25) is 4.79 Å². The van der Waals surface area contributed by atoms with E-state index < -0.39 is 0 Å². The van der Waals surface area contributed by atoms with Crippen LogP contribution >= 0.6 is 11.8 Å². The molecule has 0 N–H and O–H groups in total. The predicted octanol–water partition coefficient (Wildman–Crippen LogP) is 5.34. The third-order valence-corrected chi connectivity index (χ3v) is 6.70. The number of aryl methyl sites for hydroxylation is 1. The van der Waals surface area contributed by atoms with Crippen LogP contribution < -0.4 is 9.64 Å². The molecule has 0 aliphatic heterocycles. The lowest BCUT2D eigenvalue weighted by Gasteiger charge is -2.21. The lowest BCUT2D eigenvalue weighted by molar-refractivity contribution is -0.117. The Labute approximate surface area is 204 Å². The first-order valence-corrected chi connectivity index (χ1v) is 12.1. The number of thioether (sulfide) groups is 1. The van der Waals surface area contributed by atoms with E-state index in [1.165, 1.54) is 17.3 Å². The molecule has 1 aromatic heterocycles. The number of rotatable bonds is 9. The fourth-order valence-corrected chi connectivity index (χ4v) is 4.64. The van der Waals surface area contributed by atoms with Crippen LogP contribution in [0.15, 0.2) is 90.1 Å². The van der Waals surface area contributed by atoms with Crippen LogP contribution in [0.1, 0.15) is 12.5 Å². The van der Waals surface area contributed by atoms with Gasteiger partial charge in [-0.1, -0.05) is 60.3 Å². The van der Waals surface area contributed by atoms with Gasteiger partial charge in [0.25, 0.3) is 0 Å². The van der Waals surface area contributed by atoms with Crippen LogP contribution in [0, 0.1) is 0 Å². The second-order valence-electron chi connectivity index (χ2n) is 7.91. The van der Waals surface area contributed by atoms with Crippen LogP contribution in [-0.2, 0) is 17.8 Å². The second-order valence-corrected chi connectivity index (χ2v) is 9.22. The summed E-state index contributed by atoms with van der Waals surface area (Å²) in [5, 5.41) is 9.37. The summed E-state index contributed by atoms with van der Waals surface area (Å²) >= 11 is 1.43. The molecule has 6 nitrogen and oxygen atoms in total. The largest absolute Gasteiger partial charge is 0.497 e. The van der Waals surface area contributed by atoms with Crippen LogP contribution in [0.3, 0.4) is 0 Å². The number of anilines is 1. The first-order chi connectivity index (χ1) is 16.6. The zero-order valence-corrected chi connectivity index (χ0v) is 20.4. The van der Waals surface area contributed by atoms with Crippen molar-refractivity contribution in [2.45, 2.75) is 30.3 Å². The summed E-state index contributed by atoms with van der Waals surface area (Å²) in [7, 11) is 3.45. The topological polar surface area (TPSA) is 60.3 Å². The summed E-state index contributed by atoms with van der Waals surface area (Å²) in [4.78, 5) is 14.8. The molecule has 174 valence electrons. The molecule has 7 heteroatoms. The van der Waals surface area contributed by atoms with Crippen molar-refractivity contribution in [2.75, 3.05) is 19.1 Å². The molecule has 0 saturated heterocycles. The molecule has 0 spiro atoms. The Hall–Kier alpha value is -3.58. The standard InChI is InChI=1S/C27H28N4O2S/c1-20(26(32)30(2)23-12-8-5-9-13-23)34-27-29-28-25(22-14-16-24(33-3)17-15-22)31(27)19-18-21-10-6-4-7-11-21/h4-17,20H,18-19H2,1-3H3. The number of carbonyl (C=O) groups excluding carboxylic acids is 1. The van der Waals surface area contributed by atoms with Crippen molar-refractivity contribution in [3.63, 3.8) is 0 Å². The molecule has 1 unspecified atom stereocenters. The minimum absolute atomic E-state index is 0.0137. The molecule has 0 saturated carbocycles. The molecular weight excluding hydrogens is 444 g/mol. The van der Waals surface area contributed by atoms with Gasteiger partial charge in [0.1, 0.15) is 5.75 Å². The number of aromatic nitrogens is 3. The van der Waals surface area contributed by atoms with Crippen molar-refractivity contribution in [1.82, 2.24) is 14.8 Å². The highest BCUT2D eigenvalue weighted by molar-refractivity contribution is 8.00. The van der Waals surface area contributed by atoms with Gasteiger partial charge < -0.3 is 14.2 Å². The zero-order chi connectivity index (χ0) is 23.9. The van der Waals surface area contributed by atoms with Crippen molar-refractivity contribution >= 4 is 23.4 Å². The summed E-state index contributed by atoms with van der Waals surface area (Å²) in [5.74, 6) is 1.58. The lowest BCUT2D eigenvalue weighted by Crippen LogP contribution is -2.33. The number of benzene rings is 3. The Balaban J connectivity index is 1.59. The van der Waals surface area contributed by atoms with Crippen molar-refractivity contribution in [1.29, 1.82) is 0 Å². The number of methoxy groups -OCH3 is 1. The van der Waals surface area contributed by atoms with E-state index in [4.69, 9.17) is 4.74 Å². The minimum Gasteiger partial charge on any atom is -0.497 e. The highest BCUT2D eigenvalue weighted by atomic mass is 32.2. The first kappa shape index (κ1) is 23.6. The van der Waals surface area contributed by atoms with Gasteiger partial charge in [-0.15, -0.1) is 10.2 Å². The fourth-order valence-electron chi connectivity index (χ4n) is 3.68. The van der Waals surface area contributed by atoms with Gasteiger partial charge in [0.05, 0.1) is 12.4 Å². The van der Waals surface area contributed by atoms with E-state index in [2.05, 4.69) is 26.9 Å². The van der Waals surface area contributed by atoms with Gasteiger partial charge in [0.2, 0.25) is 5.91 Å². The Morgan fingerprint density at radius 3 is 2.26 bits per heavy atom. The van der Waals surface area contributed by atoms with Crippen LogP contribution in [0.25, 0.3) is 11.4 Å². The molecule has 3 aromatic carbocycles. The van der Waals surface area contributed by atoms with E-state index >= 15 is 0 Å². The van der Waals surface area contributed by atoms with E-state index in [0.29, 0.717) is 6.54 Å². The van der Waals surface area contributed by atoms with Gasteiger partial charge in [0.15, 0.2) is 11.0 Å². The fraction of sp³-hybridized carbons (Fsp3) is 0.222. The van der Waals surface area contributed by atoms with Gasteiger partial charge in [-0.05, 0) is 55.3 Å². The molecule has 1 atom stereocenters. The molecule has 0 radical (unpaired) electrons. The van der Waals surface area contributed by atoms with Crippen LogP contribution in [0.5, 0.6) is 5.75 Å². The number of amides is 1.